The van der Waals surface area contributed by atoms with Gasteiger partial charge >= 0.3 is 0 Å². The van der Waals surface area contributed by atoms with Crippen molar-refractivity contribution in [1.82, 2.24) is 20.2 Å². The number of hydrogen-bond acceptors (Lipinski definition) is 6. The standard InChI is InChI=1S/C12H14N6S/c1-18(2)12-15-11(16-17-12)13-7-10-14-8-5-3-4-6-9(8)19-10/h3-6H,7H2,1-2H3,(H2,13,15,16,17). The Bertz CT molecular complexity index is 653. The second-order valence-corrected chi connectivity index (χ2v) is 5.42. The summed E-state index contributed by atoms with van der Waals surface area (Å²) < 4.78 is 1.20. The molecule has 0 fully saturated rings. The highest BCUT2D eigenvalue weighted by Crippen LogP contribution is 2.21. The van der Waals surface area contributed by atoms with Crippen LogP contribution in [0.5, 0.6) is 0 Å². The lowest BCUT2D eigenvalue weighted by atomic mass is 10.3. The maximum Gasteiger partial charge on any atom is 0.245 e. The minimum atomic E-state index is 0.640. The van der Waals surface area contributed by atoms with Crippen LogP contribution in [0.3, 0.4) is 0 Å². The van der Waals surface area contributed by atoms with Crippen LogP contribution in [0.4, 0.5) is 11.9 Å². The van der Waals surface area contributed by atoms with Crippen molar-refractivity contribution in [2.45, 2.75) is 6.54 Å². The van der Waals surface area contributed by atoms with Crippen LogP contribution in [0.15, 0.2) is 24.3 Å². The fraction of sp³-hybridized carbons (Fsp3) is 0.250. The number of aromatic amines is 1. The molecule has 98 valence electrons. The van der Waals surface area contributed by atoms with Gasteiger partial charge in [-0.1, -0.05) is 12.1 Å². The second kappa shape index (κ2) is 4.85. The van der Waals surface area contributed by atoms with Gasteiger partial charge in [-0.05, 0) is 12.1 Å². The van der Waals surface area contributed by atoms with Crippen LogP contribution in [0.25, 0.3) is 10.2 Å². The zero-order valence-electron chi connectivity index (χ0n) is 10.7. The van der Waals surface area contributed by atoms with Crippen molar-refractivity contribution in [1.29, 1.82) is 0 Å². The quantitative estimate of drug-likeness (QED) is 0.762. The summed E-state index contributed by atoms with van der Waals surface area (Å²) in [6, 6.07) is 8.12. The summed E-state index contributed by atoms with van der Waals surface area (Å²) in [7, 11) is 3.81. The molecule has 6 nitrogen and oxygen atoms in total. The lowest BCUT2D eigenvalue weighted by Crippen LogP contribution is -2.10. The van der Waals surface area contributed by atoms with Crippen molar-refractivity contribution in [3.05, 3.63) is 29.3 Å². The number of anilines is 2. The number of benzene rings is 1. The van der Waals surface area contributed by atoms with E-state index in [4.69, 9.17) is 0 Å². The predicted molar refractivity (Wildman–Crippen MR) is 77.7 cm³/mol. The van der Waals surface area contributed by atoms with E-state index in [1.54, 1.807) is 11.3 Å². The minimum Gasteiger partial charge on any atom is -0.348 e. The summed E-state index contributed by atoms with van der Waals surface area (Å²) in [6.07, 6.45) is 0. The molecule has 3 aromatic rings. The molecule has 0 saturated carbocycles. The highest BCUT2D eigenvalue weighted by atomic mass is 32.1. The van der Waals surface area contributed by atoms with Gasteiger partial charge in [0.25, 0.3) is 0 Å². The third-order valence-corrected chi connectivity index (χ3v) is 3.66. The Labute approximate surface area is 114 Å². The number of H-pyrrole nitrogens is 1. The number of fused-ring (bicyclic) bond motifs is 1. The molecule has 2 aromatic heterocycles. The fourth-order valence-corrected chi connectivity index (χ4v) is 2.59. The summed E-state index contributed by atoms with van der Waals surface area (Å²) in [4.78, 5) is 10.7. The molecule has 7 heteroatoms. The third kappa shape index (κ3) is 2.50. The number of nitrogens with one attached hydrogen (secondary N) is 2. The van der Waals surface area contributed by atoms with Crippen molar-refractivity contribution >= 4 is 33.5 Å². The fourth-order valence-electron chi connectivity index (χ4n) is 1.69. The van der Waals surface area contributed by atoms with Crippen LogP contribution >= 0.6 is 11.3 Å². The van der Waals surface area contributed by atoms with Gasteiger partial charge in [0.1, 0.15) is 5.01 Å². The molecule has 0 aliphatic carbocycles. The number of nitrogens with zero attached hydrogens (tertiary/aromatic N) is 4. The Morgan fingerprint density at radius 1 is 1.26 bits per heavy atom. The first-order valence-electron chi connectivity index (χ1n) is 5.90. The van der Waals surface area contributed by atoms with Crippen molar-refractivity contribution < 1.29 is 0 Å². The normalized spacial score (nSPS) is 10.8. The molecule has 0 unspecified atom stereocenters. The Hall–Kier alpha value is -2.15. The number of thiazole rings is 1. The molecule has 2 N–H and O–H groups in total. The van der Waals surface area contributed by atoms with E-state index in [0.29, 0.717) is 18.4 Å². The number of para-hydroxylation sites is 1. The molecule has 2 heterocycles. The number of aromatic nitrogens is 4. The highest BCUT2D eigenvalue weighted by molar-refractivity contribution is 7.18. The van der Waals surface area contributed by atoms with Crippen LogP contribution < -0.4 is 10.2 Å². The van der Waals surface area contributed by atoms with E-state index in [0.717, 1.165) is 10.5 Å². The van der Waals surface area contributed by atoms with E-state index in [2.05, 4.69) is 31.5 Å². The first-order chi connectivity index (χ1) is 9.22. The lowest BCUT2D eigenvalue weighted by molar-refractivity contribution is 0.996. The second-order valence-electron chi connectivity index (χ2n) is 4.31. The third-order valence-electron chi connectivity index (χ3n) is 2.62. The summed E-state index contributed by atoms with van der Waals surface area (Å²) in [5.74, 6) is 1.31. The minimum absolute atomic E-state index is 0.640. The molecule has 0 bridgehead atoms. The number of hydrogen-bond donors (Lipinski definition) is 2. The van der Waals surface area contributed by atoms with Crippen LogP contribution in [-0.4, -0.2) is 34.3 Å². The van der Waals surface area contributed by atoms with E-state index >= 15 is 0 Å². The first kappa shape index (κ1) is 11.9. The van der Waals surface area contributed by atoms with Crippen molar-refractivity contribution in [3.63, 3.8) is 0 Å². The Kier molecular flexibility index (Phi) is 3.04. The van der Waals surface area contributed by atoms with Gasteiger partial charge in [-0.2, -0.15) is 4.98 Å². The molecule has 0 spiro atoms. The maximum absolute atomic E-state index is 4.55. The Balaban J connectivity index is 1.71. The topological polar surface area (TPSA) is 69.7 Å². The Morgan fingerprint density at radius 2 is 2.11 bits per heavy atom. The highest BCUT2D eigenvalue weighted by Gasteiger charge is 2.06. The SMILES string of the molecule is CN(C)c1n[nH]c(NCc2nc3ccccc3s2)n1. The van der Waals surface area contributed by atoms with Gasteiger partial charge < -0.3 is 10.2 Å². The summed E-state index contributed by atoms with van der Waals surface area (Å²) in [5, 5.41) is 11.2. The molecule has 0 saturated heterocycles. The first-order valence-corrected chi connectivity index (χ1v) is 6.72. The average Bonchev–Trinajstić information content (AvgIpc) is 3.02. The van der Waals surface area contributed by atoms with Crippen LogP contribution in [0.1, 0.15) is 5.01 Å². The van der Waals surface area contributed by atoms with E-state index in [1.165, 1.54) is 4.70 Å². The van der Waals surface area contributed by atoms with E-state index in [-0.39, 0.29) is 0 Å². The molecule has 0 amide bonds. The molecule has 0 aliphatic rings. The van der Waals surface area contributed by atoms with Crippen LogP contribution in [-0.2, 0) is 6.54 Å². The zero-order chi connectivity index (χ0) is 13.2. The molecule has 19 heavy (non-hydrogen) atoms. The van der Waals surface area contributed by atoms with Gasteiger partial charge in [-0.3, -0.25) is 0 Å². The van der Waals surface area contributed by atoms with Gasteiger partial charge in [0.15, 0.2) is 0 Å². The molecular weight excluding hydrogens is 260 g/mol. The summed E-state index contributed by atoms with van der Waals surface area (Å²) >= 11 is 1.68. The number of rotatable bonds is 4. The van der Waals surface area contributed by atoms with E-state index < -0.39 is 0 Å². The van der Waals surface area contributed by atoms with Crippen molar-refractivity contribution in [2.24, 2.45) is 0 Å². The van der Waals surface area contributed by atoms with E-state index in [9.17, 15) is 0 Å². The monoisotopic (exact) mass is 274 g/mol. The molecular formula is C12H14N6S. The van der Waals surface area contributed by atoms with Gasteiger partial charge in [0.05, 0.1) is 16.8 Å². The van der Waals surface area contributed by atoms with Crippen LogP contribution in [0, 0.1) is 0 Å². The lowest BCUT2D eigenvalue weighted by Gasteiger charge is -2.03. The molecule has 0 atom stereocenters. The zero-order valence-corrected chi connectivity index (χ0v) is 11.5. The van der Waals surface area contributed by atoms with Gasteiger partial charge in [-0.15, -0.1) is 16.4 Å². The van der Waals surface area contributed by atoms with Crippen molar-refractivity contribution in [3.8, 4) is 0 Å². The summed E-state index contributed by atoms with van der Waals surface area (Å²) in [5.41, 5.74) is 1.04. The van der Waals surface area contributed by atoms with Gasteiger partial charge in [0.2, 0.25) is 11.9 Å². The maximum atomic E-state index is 4.55. The van der Waals surface area contributed by atoms with Gasteiger partial charge in [0, 0.05) is 14.1 Å². The molecule has 0 radical (unpaired) electrons. The average molecular weight is 274 g/mol. The molecule has 1 aromatic carbocycles. The Morgan fingerprint density at radius 3 is 2.84 bits per heavy atom. The largest absolute Gasteiger partial charge is 0.348 e. The molecule has 3 rings (SSSR count). The predicted octanol–water partition coefficient (Wildman–Crippen LogP) is 2.09. The molecule has 0 aliphatic heterocycles. The van der Waals surface area contributed by atoms with Crippen molar-refractivity contribution in [2.75, 3.05) is 24.3 Å². The van der Waals surface area contributed by atoms with Gasteiger partial charge in [-0.25, -0.2) is 10.1 Å². The smallest absolute Gasteiger partial charge is 0.245 e. The van der Waals surface area contributed by atoms with E-state index in [1.807, 2.05) is 37.2 Å². The van der Waals surface area contributed by atoms with Crippen LogP contribution in [0.2, 0.25) is 0 Å². The summed E-state index contributed by atoms with van der Waals surface area (Å²) in [6.45, 7) is 0.640.